The van der Waals surface area contributed by atoms with Gasteiger partial charge in [0.25, 0.3) is 0 Å². The summed E-state index contributed by atoms with van der Waals surface area (Å²) < 4.78 is 5.10. The second-order valence-electron chi connectivity index (χ2n) is 2.76. The molecule has 0 amide bonds. The second kappa shape index (κ2) is 3.90. The molecule has 68 valence electrons. The predicted octanol–water partition coefficient (Wildman–Crippen LogP) is 1.83. The lowest BCUT2D eigenvalue weighted by Gasteiger charge is -2.07. The van der Waals surface area contributed by atoms with Crippen LogP contribution in [0.5, 0.6) is 5.88 Å². The van der Waals surface area contributed by atoms with Gasteiger partial charge in [0.1, 0.15) is 6.07 Å². The summed E-state index contributed by atoms with van der Waals surface area (Å²) in [5, 5.41) is 8.77. The molecule has 0 aliphatic rings. The Bertz CT molecular complexity index is 353. The largest absolute Gasteiger partial charge is 0.481 e. The SMILES string of the molecule is CCc1cc(C#N)c(C)nc1OC. The minimum Gasteiger partial charge on any atom is -0.481 e. The molecule has 0 fully saturated rings. The van der Waals surface area contributed by atoms with E-state index in [0.717, 1.165) is 17.7 Å². The third-order valence-electron chi connectivity index (χ3n) is 1.95. The van der Waals surface area contributed by atoms with Crippen molar-refractivity contribution < 1.29 is 4.74 Å². The Morgan fingerprint density at radius 1 is 1.62 bits per heavy atom. The topological polar surface area (TPSA) is 45.9 Å². The van der Waals surface area contributed by atoms with Crippen molar-refractivity contribution >= 4 is 0 Å². The summed E-state index contributed by atoms with van der Waals surface area (Å²) in [7, 11) is 1.59. The van der Waals surface area contributed by atoms with Crippen LogP contribution in [0, 0.1) is 18.3 Å². The molecule has 1 aromatic rings. The Kier molecular flexibility index (Phi) is 2.86. The van der Waals surface area contributed by atoms with Crippen molar-refractivity contribution in [3.8, 4) is 11.9 Å². The lowest BCUT2D eigenvalue weighted by atomic mass is 10.1. The molecule has 0 saturated carbocycles. The number of hydrogen-bond acceptors (Lipinski definition) is 3. The number of nitriles is 1. The van der Waals surface area contributed by atoms with Crippen molar-refractivity contribution in [2.24, 2.45) is 0 Å². The molecule has 0 aliphatic heterocycles. The van der Waals surface area contributed by atoms with E-state index in [1.165, 1.54) is 0 Å². The van der Waals surface area contributed by atoms with Crippen molar-refractivity contribution in [2.75, 3.05) is 7.11 Å². The number of ether oxygens (including phenoxy) is 1. The minimum absolute atomic E-state index is 0.623. The molecule has 0 N–H and O–H groups in total. The van der Waals surface area contributed by atoms with Crippen LogP contribution in [0.15, 0.2) is 6.07 Å². The van der Waals surface area contributed by atoms with Gasteiger partial charge in [0.15, 0.2) is 0 Å². The van der Waals surface area contributed by atoms with E-state index in [2.05, 4.69) is 11.1 Å². The van der Waals surface area contributed by atoms with Crippen molar-refractivity contribution in [1.29, 1.82) is 5.26 Å². The first-order chi connectivity index (χ1) is 6.22. The molecule has 0 saturated heterocycles. The molecule has 13 heavy (non-hydrogen) atoms. The molecule has 0 radical (unpaired) electrons. The Hall–Kier alpha value is -1.56. The van der Waals surface area contributed by atoms with Gasteiger partial charge in [-0.1, -0.05) is 6.92 Å². The predicted molar refractivity (Wildman–Crippen MR) is 49.6 cm³/mol. The van der Waals surface area contributed by atoms with E-state index in [1.54, 1.807) is 14.0 Å². The molecule has 0 spiro atoms. The third kappa shape index (κ3) is 1.78. The standard InChI is InChI=1S/C10H12N2O/c1-4-8-5-9(6-11)7(2)12-10(8)13-3/h5H,4H2,1-3H3. The molecular weight excluding hydrogens is 164 g/mol. The average molecular weight is 176 g/mol. The van der Waals surface area contributed by atoms with Crippen LogP contribution in [-0.2, 0) is 6.42 Å². The number of hydrogen-bond donors (Lipinski definition) is 0. The summed E-state index contributed by atoms with van der Waals surface area (Å²) in [5.74, 6) is 0.624. The maximum absolute atomic E-state index is 8.77. The molecular formula is C10H12N2O. The van der Waals surface area contributed by atoms with Crippen LogP contribution in [0.4, 0.5) is 0 Å². The summed E-state index contributed by atoms with van der Waals surface area (Å²) in [6, 6.07) is 3.94. The molecule has 1 rings (SSSR count). The van der Waals surface area contributed by atoms with Crippen molar-refractivity contribution in [3.05, 3.63) is 22.9 Å². The van der Waals surface area contributed by atoms with E-state index in [9.17, 15) is 0 Å². The smallest absolute Gasteiger partial charge is 0.216 e. The minimum atomic E-state index is 0.623. The fourth-order valence-electron chi connectivity index (χ4n) is 1.17. The van der Waals surface area contributed by atoms with Gasteiger partial charge in [0, 0.05) is 5.56 Å². The van der Waals surface area contributed by atoms with Gasteiger partial charge < -0.3 is 4.74 Å². The van der Waals surface area contributed by atoms with E-state index in [4.69, 9.17) is 10.00 Å². The number of rotatable bonds is 2. The van der Waals surface area contributed by atoms with Gasteiger partial charge >= 0.3 is 0 Å². The van der Waals surface area contributed by atoms with E-state index in [-0.39, 0.29) is 0 Å². The normalized spacial score (nSPS) is 9.38. The van der Waals surface area contributed by atoms with Gasteiger partial charge in [-0.25, -0.2) is 4.98 Å². The summed E-state index contributed by atoms with van der Waals surface area (Å²) in [4.78, 5) is 4.19. The quantitative estimate of drug-likeness (QED) is 0.690. The van der Waals surface area contributed by atoms with Gasteiger partial charge in [0.05, 0.1) is 18.4 Å². The van der Waals surface area contributed by atoms with Gasteiger partial charge in [-0.15, -0.1) is 0 Å². The Balaban J connectivity index is 3.28. The monoisotopic (exact) mass is 176 g/mol. The number of pyridine rings is 1. The van der Waals surface area contributed by atoms with E-state index < -0.39 is 0 Å². The second-order valence-corrected chi connectivity index (χ2v) is 2.76. The zero-order valence-electron chi connectivity index (χ0n) is 8.09. The molecule has 0 aromatic carbocycles. The number of nitrogens with zero attached hydrogens (tertiary/aromatic N) is 2. The number of aryl methyl sites for hydroxylation is 2. The molecule has 3 nitrogen and oxygen atoms in total. The highest BCUT2D eigenvalue weighted by Gasteiger charge is 2.07. The van der Waals surface area contributed by atoms with Crippen molar-refractivity contribution in [3.63, 3.8) is 0 Å². The van der Waals surface area contributed by atoms with Crippen molar-refractivity contribution in [1.82, 2.24) is 4.98 Å². The van der Waals surface area contributed by atoms with Crippen LogP contribution >= 0.6 is 0 Å². The Morgan fingerprint density at radius 2 is 2.31 bits per heavy atom. The lowest BCUT2D eigenvalue weighted by molar-refractivity contribution is 0.392. The molecule has 0 unspecified atom stereocenters. The summed E-state index contributed by atoms with van der Waals surface area (Å²) >= 11 is 0. The van der Waals surface area contributed by atoms with Crippen LogP contribution in [0.1, 0.15) is 23.7 Å². The van der Waals surface area contributed by atoms with Gasteiger partial charge in [-0.3, -0.25) is 0 Å². The van der Waals surface area contributed by atoms with Crippen LogP contribution < -0.4 is 4.74 Å². The summed E-state index contributed by atoms with van der Waals surface area (Å²) in [6.07, 6.45) is 0.825. The first-order valence-electron chi connectivity index (χ1n) is 4.17. The maximum atomic E-state index is 8.77. The lowest BCUT2D eigenvalue weighted by Crippen LogP contribution is -1.98. The van der Waals surface area contributed by atoms with Crippen LogP contribution in [0.2, 0.25) is 0 Å². The molecule has 0 atom stereocenters. The zero-order chi connectivity index (χ0) is 9.84. The van der Waals surface area contributed by atoms with E-state index in [0.29, 0.717) is 11.4 Å². The summed E-state index contributed by atoms with van der Waals surface area (Å²) in [5.41, 5.74) is 2.32. The average Bonchev–Trinajstić information content (AvgIpc) is 2.17. The zero-order valence-corrected chi connectivity index (χ0v) is 8.09. The fraction of sp³-hybridized carbons (Fsp3) is 0.400. The van der Waals surface area contributed by atoms with Crippen molar-refractivity contribution in [2.45, 2.75) is 20.3 Å². The number of aromatic nitrogens is 1. The van der Waals surface area contributed by atoms with Gasteiger partial charge in [-0.05, 0) is 19.4 Å². The molecule has 0 bridgehead atoms. The first-order valence-corrected chi connectivity index (χ1v) is 4.17. The Morgan fingerprint density at radius 3 is 2.77 bits per heavy atom. The first kappa shape index (κ1) is 9.53. The molecule has 3 heteroatoms. The third-order valence-corrected chi connectivity index (χ3v) is 1.95. The van der Waals surface area contributed by atoms with Crippen LogP contribution in [0.3, 0.4) is 0 Å². The van der Waals surface area contributed by atoms with Gasteiger partial charge in [-0.2, -0.15) is 5.26 Å². The highest BCUT2D eigenvalue weighted by molar-refractivity contribution is 5.40. The van der Waals surface area contributed by atoms with Crippen LogP contribution in [0.25, 0.3) is 0 Å². The van der Waals surface area contributed by atoms with E-state index >= 15 is 0 Å². The molecule has 0 aliphatic carbocycles. The highest BCUT2D eigenvalue weighted by atomic mass is 16.5. The fourth-order valence-corrected chi connectivity index (χ4v) is 1.17. The summed E-state index contributed by atoms with van der Waals surface area (Å²) in [6.45, 7) is 3.82. The Labute approximate surface area is 78.0 Å². The number of methoxy groups -OCH3 is 1. The molecule has 1 heterocycles. The van der Waals surface area contributed by atoms with Gasteiger partial charge in [0.2, 0.25) is 5.88 Å². The maximum Gasteiger partial charge on any atom is 0.216 e. The van der Waals surface area contributed by atoms with E-state index in [1.807, 2.05) is 13.0 Å². The highest BCUT2D eigenvalue weighted by Crippen LogP contribution is 2.19. The van der Waals surface area contributed by atoms with Crippen LogP contribution in [-0.4, -0.2) is 12.1 Å². The molecule has 1 aromatic heterocycles.